The molecule has 1 aromatic carbocycles. The van der Waals surface area contributed by atoms with E-state index < -0.39 is 19.1 Å². The first kappa shape index (κ1) is 12.6. The molecule has 0 aliphatic carbocycles. The van der Waals surface area contributed by atoms with E-state index in [9.17, 15) is 8.78 Å². The lowest BCUT2D eigenvalue weighted by Crippen LogP contribution is -2.31. The fraction of sp³-hybridized carbons (Fsp3) is 0.333. The second-order valence-electron chi connectivity index (χ2n) is 4.01. The number of aliphatic hydroxyl groups is 1. The number of benzene rings is 1. The molecule has 6 heteroatoms. The summed E-state index contributed by atoms with van der Waals surface area (Å²) >= 11 is 0. The molecule has 0 saturated heterocycles. The van der Waals surface area contributed by atoms with Crippen LogP contribution < -0.4 is 5.32 Å². The average molecular weight is 253 g/mol. The van der Waals surface area contributed by atoms with E-state index in [1.54, 1.807) is 25.1 Å². The van der Waals surface area contributed by atoms with Gasteiger partial charge in [0.05, 0.1) is 23.3 Å². The number of aromatic nitrogens is 2. The van der Waals surface area contributed by atoms with Gasteiger partial charge in [0.25, 0.3) is 5.92 Å². The van der Waals surface area contributed by atoms with E-state index in [2.05, 4.69) is 15.3 Å². The highest BCUT2D eigenvalue weighted by atomic mass is 19.3. The Balaban J connectivity index is 2.25. The van der Waals surface area contributed by atoms with Gasteiger partial charge in [0.2, 0.25) is 0 Å². The Morgan fingerprint density at radius 3 is 2.44 bits per heavy atom. The minimum atomic E-state index is -3.17. The molecule has 0 amide bonds. The van der Waals surface area contributed by atoms with Gasteiger partial charge >= 0.3 is 0 Å². The van der Waals surface area contributed by atoms with Gasteiger partial charge in [0.15, 0.2) is 0 Å². The maximum absolute atomic E-state index is 12.9. The molecule has 2 N–H and O–H groups in total. The molecule has 96 valence electrons. The normalized spacial score (nSPS) is 11.8. The van der Waals surface area contributed by atoms with Crippen LogP contribution >= 0.6 is 0 Å². The van der Waals surface area contributed by atoms with Gasteiger partial charge in [-0.1, -0.05) is 12.1 Å². The third-order valence-corrected chi connectivity index (χ3v) is 2.49. The lowest BCUT2D eigenvalue weighted by molar-refractivity contribution is -0.0373. The first-order chi connectivity index (χ1) is 8.52. The summed E-state index contributed by atoms with van der Waals surface area (Å²) in [6.07, 6.45) is 0. The molecule has 0 radical (unpaired) electrons. The van der Waals surface area contributed by atoms with Crippen molar-refractivity contribution >= 4 is 16.9 Å². The van der Waals surface area contributed by atoms with E-state index in [4.69, 9.17) is 5.11 Å². The summed E-state index contributed by atoms with van der Waals surface area (Å²) in [5.74, 6) is -2.86. The fourth-order valence-corrected chi connectivity index (χ4v) is 1.52. The van der Waals surface area contributed by atoms with Crippen LogP contribution in [0.4, 0.5) is 14.6 Å². The molecule has 18 heavy (non-hydrogen) atoms. The Morgan fingerprint density at radius 2 is 1.83 bits per heavy atom. The SMILES string of the molecule is Cc1nc2ccccc2nc1NCC(F)(F)CO. The number of halogens is 2. The number of anilines is 1. The quantitative estimate of drug-likeness (QED) is 0.874. The van der Waals surface area contributed by atoms with Crippen molar-refractivity contribution in [3.63, 3.8) is 0 Å². The predicted molar refractivity (Wildman–Crippen MR) is 64.8 cm³/mol. The van der Waals surface area contributed by atoms with E-state index in [0.29, 0.717) is 17.0 Å². The Bertz CT molecular complexity index is 560. The number of rotatable bonds is 4. The van der Waals surface area contributed by atoms with Crippen LogP contribution in [0.15, 0.2) is 24.3 Å². The van der Waals surface area contributed by atoms with Gasteiger partial charge in [0.1, 0.15) is 12.4 Å². The Hall–Kier alpha value is -1.82. The zero-order chi connectivity index (χ0) is 13.2. The molecule has 4 nitrogen and oxygen atoms in total. The number of para-hydroxylation sites is 2. The summed E-state index contributed by atoms with van der Waals surface area (Å²) < 4.78 is 25.8. The van der Waals surface area contributed by atoms with Crippen LogP contribution in [-0.4, -0.2) is 34.1 Å². The lowest BCUT2D eigenvalue weighted by Gasteiger charge is -2.15. The standard InChI is InChI=1S/C12H13F2N3O/c1-8-11(15-6-12(13,14)7-18)17-10-5-3-2-4-9(10)16-8/h2-5,18H,6-7H2,1H3,(H,15,17). The topological polar surface area (TPSA) is 58.0 Å². The number of aryl methyl sites for hydroxylation is 1. The van der Waals surface area contributed by atoms with Crippen LogP contribution in [0.5, 0.6) is 0 Å². The summed E-state index contributed by atoms with van der Waals surface area (Å²) in [7, 11) is 0. The lowest BCUT2D eigenvalue weighted by atomic mass is 10.3. The van der Waals surface area contributed by atoms with Crippen molar-refractivity contribution < 1.29 is 13.9 Å². The van der Waals surface area contributed by atoms with Crippen molar-refractivity contribution in [3.8, 4) is 0 Å². The molecule has 0 aliphatic rings. The summed E-state index contributed by atoms with van der Waals surface area (Å²) in [5, 5.41) is 11.0. The number of hydrogen-bond donors (Lipinski definition) is 2. The molecule has 0 atom stereocenters. The molecular formula is C12H13F2N3O. The maximum Gasteiger partial charge on any atom is 0.287 e. The monoisotopic (exact) mass is 253 g/mol. The average Bonchev–Trinajstić information content (AvgIpc) is 2.36. The van der Waals surface area contributed by atoms with Crippen molar-refractivity contribution in [2.24, 2.45) is 0 Å². The van der Waals surface area contributed by atoms with Gasteiger partial charge in [-0.05, 0) is 19.1 Å². The second kappa shape index (κ2) is 4.81. The highest BCUT2D eigenvalue weighted by Crippen LogP contribution is 2.18. The van der Waals surface area contributed by atoms with Crippen molar-refractivity contribution in [2.75, 3.05) is 18.5 Å². The molecular weight excluding hydrogens is 240 g/mol. The Labute approximate surface area is 103 Å². The van der Waals surface area contributed by atoms with E-state index in [1.165, 1.54) is 0 Å². The minimum Gasteiger partial charge on any atom is -0.390 e. The van der Waals surface area contributed by atoms with Gasteiger partial charge in [0, 0.05) is 0 Å². The molecule has 0 unspecified atom stereocenters. The molecule has 0 saturated carbocycles. The van der Waals surface area contributed by atoms with Gasteiger partial charge < -0.3 is 10.4 Å². The number of aliphatic hydroxyl groups excluding tert-OH is 1. The van der Waals surface area contributed by atoms with Crippen molar-refractivity contribution in [1.29, 1.82) is 0 Å². The first-order valence-corrected chi connectivity index (χ1v) is 5.48. The molecule has 0 fully saturated rings. The summed E-state index contributed by atoms with van der Waals surface area (Å²) in [6, 6.07) is 7.21. The van der Waals surface area contributed by atoms with Crippen LogP contribution in [0.3, 0.4) is 0 Å². The van der Waals surface area contributed by atoms with E-state index >= 15 is 0 Å². The summed E-state index contributed by atoms with van der Waals surface area (Å²) in [4.78, 5) is 8.49. The van der Waals surface area contributed by atoms with Crippen LogP contribution in [0.2, 0.25) is 0 Å². The first-order valence-electron chi connectivity index (χ1n) is 5.48. The summed E-state index contributed by atoms with van der Waals surface area (Å²) in [6.45, 7) is -0.170. The highest BCUT2D eigenvalue weighted by Gasteiger charge is 2.27. The van der Waals surface area contributed by atoms with Crippen molar-refractivity contribution in [1.82, 2.24) is 9.97 Å². The number of nitrogens with zero attached hydrogens (tertiary/aromatic N) is 2. The zero-order valence-corrected chi connectivity index (χ0v) is 9.82. The number of alkyl halides is 2. The molecule has 1 aromatic heterocycles. The van der Waals surface area contributed by atoms with Gasteiger partial charge in [-0.2, -0.15) is 0 Å². The molecule has 2 rings (SSSR count). The van der Waals surface area contributed by atoms with Gasteiger partial charge in [-0.3, -0.25) is 0 Å². The third kappa shape index (κ3) is 2.70. The van der Waals surface area contributed by atoms with E-state index in [0.717, 1.165) is 5.52 Å². The Morgan fingerprint density at radius 1 is 1.22 bits per heavy atom. The highest BCUT2D eigenvalue weighted by molar-refractivity contribution is 5.76. The van der Waals surface area contributed by atoms with E-state index in [1.807, 2.05) is 6.07 Å². The molecule has 1 heterocycles. The zero-order valence-electron chi connectivity index (χ0n) is 9.82. The van der Waals surface area contributed by atoms with Crippen LogP contribution in [0, 0.1) is 6.92 Å². The third-order valence-electron chi connectivity index (χ3n) is 2.49. The molecule has 0 spiro atoms. The Kier molecular flexibility index (Phi) is 3.38. The largest absolute Gasteiger partial charge is 0.390 e. The van der Waals surface area contributed by atoms with Crippen molar-refractivity contribution in [3.05, 3.63) is 30.0 Å². The smallest absolute Gasteiger partial charge is 0.287 e. The maximum atomic E-state index is 12.9. The molecule has 0 aliphatic heterocycles. The number of hydrogen-bond acceptors (Lipinski definition) is 4. The number of fused-ring (bicyclic) bond motifs is 1. The van der Waals surface area contributed by atoms with Crippen LogP contribution in [0.25, 0.3) is 11.0 Å². The number of nitrogens with one attached hydrogen (secondary N) is 1. The van der Waals surface area contributed by atoms with Gasteiger partial charge in [-0.25, -0.2) is 18.7 Å². The molecule has 0 bridgehead atoms. The van der Waals surface area contributed by atoms with Crippen LogP contribution in [0.1, 0.15) is 5.69 Å². The fourth-order valence-electron chi connectivity index (χ4n) is 1.52. The minimum absolute atomic E-state index is 0.307. The predicted octanol–water partition coefficient (Wildman–Crippen LogP) is 1.98. The van der Waals surface area contributed by atoms with Gasteiger partial charge in [-0.15, -0.1) is 0 Å². The van der Waals surface area contributed by atoms with E-state index in [-0.39, 0.29) is 0 Å². The molecule has 2 aromatic rings. The second-order valence-corrected chi connectivity index (χ2v) is 4.01. The summed E-state index contributed by atoms with van der Waals surface area (Å²) in [5.41, 5.74) is 1.90. The van der Waals surface area contributed by atoms with Crippen molar-refractivity contribution in [2.45, 2.75) is 12.8 Å². The van der Waals surface area contributed by atoms with Crippen LogP contribution in [-0.2, 0) is 0 Å².